The summed E-state index contributed by atoms with van der Waals surface area (Å²) in [7, 11) is -4.06. The Kier molecular flexibility index (Phi) is 6.95. The molecule has 0 heterocycles. The quantitative estimate of drug-likeness (QED) is 0.702. The van der Waals surface area contributed by atoms with Crippen LogP contribution >= 0.6 is 0 Å². The maximum absolute atomic E-state index is 12.1. The molecule has 0 aliphatic rings. The van der Waals surface area contributed by atoms with Crippen LogP contribution in [0.4, 0.5) is 4.79 Å². The van der Waals surface area contributed by atoms with Crippen LogP contribution in [-0.4, -0.2) is 43.8 Å². The number of amides is 1. The van der Waals surface area contributed by atoms with Crippen molar-refractivity contribution in [1.82, 2.24) is 5.32 Å². The number of aryl methyl sites for hydroxylation is 1. The molecule has 0 saturated carbocycles. The third-order valence-corrected chi connectivity index (χ3v) is 4.17. The number of hydrogen-bond donors (Lipinski definition) is 2. The van der Waals surface area contributed by atoms with E-state index < -0.39 is 46.9 Å². The van der Waals surface area contributed by atoms with Gasteiger partial charge in [0.25, 0.3) is 10.1 Å². The van der Waals surface area contributed by atoms with Crippen LogP contribution in [0.3, 0.4) is 0 Å². The summed E-state index contributed by atoms with van der Waals surface area (Å²) in [4.78, 5) is 22.6. The van der Waals surface area contributed by atoms with Crippen molar-refractivity contribution < 1.29 is 32.0 Å². The van der Waals surface area contributed by atoms with Gasteiger partial charge in [0, 0.05) is 0 Å². The van der Waals surface area contributed by atoms with Gasteiger partial charge in [-0.25, -0.2) is 4.79 Å². The molecule has 1 aromatic rings. The Morgan fingerprint density at radius 3 is 2.24 bits per heavy atom. The zero-order valence-electron chi connectivity index (χ0n) is 14.6. The third kappa shape index (κ3) is 7.99. The SMILES string of the molecule is Cc1ccc(S(=O)(=O)OC[C@H](CC(=O)O)NC(=O)OC(C)(C)C)cc1. The first-order valence-corrected chi connectivity index (χ1v) is 8.97. The fourth-order valence-corrected chi connectivity index (χ4v) is 2.73. The Bertz CT molecular complexity index is 705. The van der Waals surface area contributed by atoms with Crippen LogP contribution in [-0.2, 0) is 23.8 Å². The van der Waals surface area contributed by atoms with Crippen LogP contribution < -0.4 is 5.32 Å². The minimum Gasteiger partial charge on any atom is -0.481 e. The average Bonchev–Trinajstić information content (AvgIpc) is 2.42. The van der Waals surface area contributed by atoms with Gasteiger partial charge in [-0.05, 0) is 39.8 Å². The van der Waals surface area contributed by atoms with Crippen molar-refractivity contribution in [3.63, 3.8) is 0 Å². The van der Waals surface area contributed by atoms with E-state index in [4.69, 9.17) is 14.0 Å². The summed E-state index contributed by atoms with van der Waals surface area (Å²) in [6.45, 7) is 6.23. The molecule has 8 nitrogen and oxygen atoms in total. The lowest BCUT2D eigenvalue weighted by molar-refractivity contribution is -0.137. The highest BCUT2D eigenvalue weighted by atomic mass is 32.2. The molecule has 0 fully saturated rings. The number of carboxylic acids is 1. The predicted molar refractivity (Wildman–Crippen MR) is 89.7 cm³/mol. The van der Waals surface area contributed by atoms with E-state index in [1.165, 1.54) is 12.1 Å². The lowest BCUT2D eigenvalue weighted by atomic mass is 10.2. The molecule has 25 heavy (non-hydrogen) atoms. The van der Waals surface area contributed by atoms with Gasteiger partial charge in [0.2, 0.25) is 0 Å². The van der Waals surface area contributed by atoms with Gasteiger partial charge >= 0.3 is 12.1 Å². The first-order valence-electron chi connectivity index (χ1n) is 7.56. The van der Waals surface area contributed by atoms with E-state index in [-0.39, 0.29) is 4.90 Å². The van der Waals surface area contributed by atoms with Crippen molar-refractivity contribution in [3.8, 4) is 0 Å². The molecule has 0 aliphatic carbocycles. The molecule has 0 bridgehead atoms. The zero-order valence-corrected chi connectivity index (χ0v) is 15.4. The normalized spacial score (nSPS) is 13.1. The van der Waals surface area contributed by atoms with Crippen LogP contribution in [0.1, 0.15) is 32.8 Å². The van der Waals surface area contributed by atoms with Gasteiger partial charge in [0.1, 0.15) is 5.60 Å². The van der Waals surface area contributed by atoms with Gasteiger partial charge in [-0.2, -0.15) is 8.42 Å². The standard InChI is InChI=1S/C16H23NO7S/c1-11-5-7-13(8-6-11)25(21,22)23-10-12(9-14(18)19)17-15(20)24-16(2,3)4/h5-8,12H,9-10H2,1-4H3,(H,17,20)(H,18,19)/t12-/m0/s1. The average molecular weight is 373 g/mol. The largest absolute Gasteiger partial charge is 0.481 e. The maximum atomic E-state index is 12.1. The number of aliphatic carboxylic acids is 1. The lowest BCUT2D eigenvalue weighted by Gasteiger charge is -2.22. The number of alkyl carbamates (subject to hydrolysis) is 1. The first-order chi connectivity index (χ1) is 11.4. The molecule has 0 aromatic heterocycles. The fraction of sp³-hybridized carbons (Fsp3) is 0.500. The Morgan fingerprint density at radius 2 is 1.76 bits per heavy atom. The summed E-state index contributed by atoms with van der Waals surface area (Å²) in [6.07, 6.45) is -1.36. The van der Waals surface area contributed by atoms with Gasteiger partial charge in [-0.3, -0.25) is 8.98 Å². The second-order valence-electron chi connectivity index (χ2n) is 6.49. The summed E-state index contributed by atoms with van der Waals surface area (Å²) in [5.41, 5.74) is 0.112. The summed E-state index contributed by atoms with van der Waals surface area (Å²) in [5, 5.41) is 11.2. The van der Waals surface area contributed by atoms with Crippen LogP contribution in [0, 0.1) is 6.92 Å². The van der Waals surface area contributed by atoms with Crippen molar-refractivity contribution in [3.05, 3.63) is 29.8 Å². The minimum atomic E-state index is -4.06. The second kappa shape index (κ2) is 8.30. The first kappa shape index (κ1) is 20.9. The van der Waals surface area contributed by atoms with E-state index in [9.17, 15) is 18.0 Å². The minimum absolute atomic E-state index is 0.0514. The van der Waals surface area contributed by atoms with Gasteiger partial charge in [0.15, 0.2) is 0 Å². The van der Waals surface area contributed by atoms with Crippen molar-refractivity contribution in [2.45, 2.75) is 50.7 Å². The van der Waals surface area contributed by atoms with Crippen molar-refractivity contribution >= 4 is 22.2 Å². The summed E-state index contributed by atoms with van der Waals surface area (Å²) >= 11 is 0. The molecule has 140 valence electrons. The Labute approximate surface area is 147 Å². The molecular formula is C16H23NO7S. The molecule has 0 spiro atoms. The highest BCUT2D eigenvalue weighted by Crippen LogP contribution is 2.14. The Morgan fingerprint density at radius 1 is 1.20 bits per heavy atom. The van der Waals surface area contributed by atoms with E-state index in [1.807, 2.05) is 6.92 Å². The molecule has 1 atom stereocenters. The summed E-state index contributed by atoms with van der Waals surface area (Å²) in [6, 6.07) is 4.94. The molecule has 9 heteroatoms. The summed E-state index contributed by atoms with van der Waals surface area (Å²) in [5.74, 6) is -1.21. The fourth-order valence-electron chi connectivity index (χ4n) is 1.78. The molecule has 1 aromatic carbocycles. The van der Waals surface area contributed by atoms with Crippen LogP contribution in [0.15, 0.2) is 29.2 Å². The molecule has 0 saturated heterocycles. The number of nitrogens with one attached hydrogen (secondary N) is 1. The lowest BCUT2D eigenvalue weighted by Crippen LogP contribution is -2.43. The van der Waals surface area contributed by atoms with Crippen molar-refractivity contribution in [1.29, 1.82) is 0 Å². The number of carbonyl (C=O) groups is 2. The highest BCUT2D eigenvalue weighted by Gasteiger charge is 2.24. The molecule has 0 unspecified atom stereocenters. The van der Waals surface area contributed by atoms with Crippen LogP contribution in [0.5, 0.6) is 0 Å². The third-order valence-electron chi connectivity index (χ3n) is 2.88. The number of carbonyl (C=O) groups excluding carboxylic acids is 1. The van der Waals surface area contributed by atoms with Crippen molar-refractivity contribution in [2.75, 3.05) is 6.61 Å². The number of ether oxygens (including phenoxy) is 1. The Balaban J connectivity index is 2.76. The number of benzene rings is 1. The van der Waals surface area contributed by atoms with Crippen LogP contribution in [0.25, 0.3) is 0 Å². The molecule has 0 aliphatic heterocycles. The van der Waals surface area contributed by atoms with Gasteiger partial charge in [-0.15, -0.1) is 0 Å². The van der Waals surface area contributed by atoms with E-state index in [0.29, 0.717) is 0 Å². The van der Waals surface area contributed by atoms with E-state index >= 15 is 0 Å². The monoisotopic (exact) mass is 373 g/mol. The zero-order chi connectivity index (χ0) is 19.3. The van der Waals surface area contributed by atoms with E-state index in [2.05, 4.69) is 5.32 Å². The second-order valence-corrected chi connectivity index (χ2v) is 8.11. The molecule has 2 N–H and O–H groups in total. The van der Waals surface area contributed by atoms with Gasteiger partial charge in [-0.1, -0.05) is 17.7 Å². The molecule has 1 amide bonds. The molecule has 1 rings (SSSR count). The van der Waals surface area contributed by atoms with Gasteiger partial charge in [0.05, 0.1) is 24.0 Å². The molecule has 0 radical (unpaired) electrons. The predicted octanol–water partition coefficient (Wildman–Crippen LogP) is 2.07. The van der Waals surface area contributed by atoms with E-state index in [0.717, 1.165) is 5.56 Å². The van der Waals surface area contributed by atoms with Gasteiger partial charge < -0.3 is 15.2 Å². The van der Waals surface area contributed by atoms with Crippen LogP contribution in [0.2, 0.25) is 0 Å². The van der Waals surface area contributed by atoms with E-state index in [1.54, 1.807) is 32.9 Å². The Hall–Kier alpha value is -2.13. The number of carboxylic acid groups (broad SMARTS) is 1. The maximum Gasteiger partial charge on any atom is 0.407 e. The van der Waals surface area contributed by atoms with Crippen molar-refractivity contribution in [2.24, 2.45) is 0 Å². The highest BCUT2D eigenvalue weighted by molar-refractivity contribution is 7.86. The topological polar surface area (TPSA) is 119 Å². The summed E-state index contributed by atoms with van der Waals surface area (Å²) < 4.78 is 34.2. The number of rotatable bonds is 7. The molecular weight excluding hydrogens is 350 g/mol. The smallest absolute Gasteiger partial charge is 0.407 e. The number of hydrogen-bond acceptors (Lipinski definition) is 6.